The second-order valence-corrected chi connectivity index (χ2v) is 5.76. The van der Waals surface area contributed by atoms with E-state index in [0.717, 1.165) is 32.4 Å². The molecule has 0 bridgehead atoms. The van der Waals surface area contributed by atoms with Crippen molar-refractivity contribution in [2.45, 2.75) is 32.2 Å². The standard InChI is InChI=1S/C17H23NO4/c1-12(17(20)21)15(18-10-4-3-5-11-18)16(19)13-6-8-14(22-2)9-7-13/h6-9,12,15H,3-5,10-11H2,1-2H3,(H,20,21). The molecule has 2 rings (SSSR count). The lowest BCUT2D eigenvalue weighted by molar-refractivity contribution is -0.143. The topological polar surface area (TPSA) is 66.8 Å². The number of hydrogen-bond acceptors (Lipinski definition) is 4. The van der Waals surface area contributed by atoms with Crippen LogP contribution < -0.4 is 4.74 Å². The van der Waals surface area contributed by atoms with Crippen molar-refractivity contribution in [3.8, 4) is 5.75 Å². The van der Waals surface area contributed by atoms with E-state index in [1.165, 1.54) is 0 Å². The third-order valence-corrected chi connectivity index (χ3v) is 4.29. The summed E-state index contributed by atoms with van der Waals surface area (Å²) in [6.45, 7) is 3.18. The van der Waals surface area contributed by atoms with E-state index >= 15 is 0 Å². The van der Waals surface area contributed by atoms with Crippen molar-refractivity contribution in [1.29, 1.82) is 0 Å². The van der Waals surface area contributed by atoms with Crippen LogP contribution in [0.4, 0.5) is 0 Å². The van der Waals surface area contributed by atoms with Crippen LogP contribution in [-0.4, -0.2) is 48.0 Å². The van der Waals surface area contributed by atoms with Crippen molar-refractivity contribution in [1.82, 2.24) is 4.90 Å². The van der Waals surface area contributed by atoms with Gasteiger partial charge in [-0.1, -0.05) is 6.42 Å². The SMILES string of the molecule is COc1ccc(C(=O)C(C(C)C(=O)O)N2CCCCC2)cc1. The number of ether oxygens (including phenoxy) is 1. The number of aliphatic carboxylic acids is 1. The highest BCUT2D eigenvalue weighted by Gasteiger charge is 2.36. The summed E-state index contributed by atoms with van der Waals surface area (Å²) in [5.74, 6) is -1.11. The van der Waals surface area contributed by atoms with E-state index in [0.29, 0.717) is 11.3 Å². The number of carbonyl (C=O) groups is 2. The Hall–Kier alpha value is -1.88. The van der Waals surface area contributed by atoms with Gasteiger partial charge in [0.05, 0.1) is 19.1 Å². The molecule has 0 radical (unpaired) electrons. The van der Waals surface area contributed by atoms with Crippen LogP contribution in [0.2, 0.25) is 0 Å². The number of hydrogen-bond donors (Lipinski definition) is 1. The van der Waals surface area contributed by atoms with E-state index < -0.39 is 17.9 Å². The smallest absolute Gasteiger partial charge is 0.308 e. The van der Waals surface area contributed by atoms with Crippen LogP contribution in [0.3, 0.4) is 0 Å². The molecule has 0 aliphatic carbocycles. The van der Waals surface area contributed by atoms with Gasteiger partial charge in [0.2, 0.25) is 0 Å². The van der Waals surface area contributed by atoms with Gasteiger partial charge in [-0.2, -0.15) is 0 Å². The second-order valence-electron chi connectivity index (χ2n) is 5.76. The maximum atomic E-state index is 12.8. The molecule has 0 amide bonds. The van der Waals surface area contributed by atoms with Gasteiger partial charge in [0.1, 0.15) is 5.75 Å². The molecular formula is C17H23NO4. The monoisotopic (exact) mass is 305 g/mol. The van der Waals surface area contributed by atoms with Crippen LogP contribution in [0, 0.1) is 5.92 Å². The van der Waals surface area contributed by atoms with Gasteiger partial charge in [0, 0.05) is 5.56 Å². The number of methoxy groups -OCH3 is 1. The predicted octanol–water partition coefficient (Wildman–Crippen LogP) is 2.45. The van der Waals surface area contributed by atoms with Gasteiger partial charge in [-0.05, 0) is 57.1 Å². The number of benzene rings is 1. The Bertz CT molecular complexity index is 520. The van der Waals surface area contributed by atoms with Gasteiger partial charge in [-0.25, -0.2) is 0 Å². The highest BCUT2D eigenvalue weighted by molar-refractivity contribution is 6.02. The fourth-order valence-electron chi connectivity index (χ4n) is 2.97. The maximum absolute atomic E-state index is 12.8. The predicted molar refractivity (Wildman–Crippen MR) is 83.3 cm³/mol. The highest BCUT2D eigenvalue weighted by atomic mass is 16.5. The minimum atomic E-state index is -0.933. The minimum absolute atomic E-state index is 0.126. The van der Waals surface area contributed by atoms with Crippen LogP contribution >= 0.6 is 0 Å². The number of nitrogens with zero attached hydrogens (tertiary/aromatic N) is 1. The van der Waals surface area contributed by atoms with Crippen LogP contribution in [-0.2, 0) is 4.79 Å². The fraction of sp³-hybridized carbons (Fsp3) is 0.529. The molecule has 1 saturated heterocycles. The molecule has 1 fully saturated rings. The largest absolute Gasteiger partial charge is 0.497 e. The summed E-state index contributed by atoms with van der Waals surface area (Å²) in [5.41, 5.74) is 0.532. The lowest BCUT2D eigenvalue weighted by Gasteiger charge is -2.35. The number of likely N-dealkylation sites (tertiary alicyclic amines) is 1. The normalized spacial score (nSPS) is 18.5. The number of carboxylic acids is 1. The maximum Gasteiger partial charge on any atom is 0.308 e. The number of piperidine rings is 1. The molecule has 1 aliphatic heterocycles. The molecule has 1 aliphatic rings. The molecule has 2 unspecified atom stereocenters. The van der Waals surface area contributed by atoms with Gasteiger partial charge in [0.15, 0.2) is 5.78 Å². The fourth-order valence-corrected chi connectivity index (χ4v) is 2.97. The Morgan fingerprint density at radius 2 is 1.73 bits per heavy atom. The zero-order chi connectivity index (χ0) is 16.1. The van der Waals surface area contributed by atoms with Crippen LogP contribution in [0.1, 0.15) is 36.5 Å². The van der Waals surface area contributed by atoms with Crippen LogP contribution in [0.5, 0.6) is 5.75 Å². The highest BCUT2D eigenvalue weighted by Crippen LogP contribution is 2.23. The Morgan fingerprint density at radius 1 is 1.14 bits per heavy atom. The molecule has 0 aromatic heterocycles. The summed E-state index contributed by atoms with van der Waals surface area (Å²) in [7, 11) is 1.57. The third kappa shape index (κ3) is 3.65. The summed E-state index contributed by atoms with van der Waals surface area (Å²) in [5, 5.41) is 9.36. The molecule has 0 spiro atoms. The summed E-state index contributed by atoms with van der Waals surface area (Å²) >= 11 is 0. The minimum Gasteiger partial charge on any atom is -0.497 e. The lowest BCUT2D eigenvalue weighted by atomic mass is 9.90. The summed E-state index contributed by atoms with van der Waals surface area (Å²) in [4.78, 5) is 26.3. The van der Waals surface area contributed by atoms with Crippen LogP contribution in [0.15, 0.2) is 24.3 Å². The average molecular weight is 305 g/mol. The average Bonchev–Trinajstić information content (AvgIpc) is 2.56. The van der Waals surface area contributed by atoms with Gasteiger partial charge < -0.3 is 9.84 Å². The zero-order valence-electron chi connectivity index (χ0n) is 13.1. The molecule has 2 atom stereocenters. The first-order valence-electron chi connectivity index (χ1n) is 7.69. The molecule has 5 heteroatoms. The van der Waals surface area contributed by atoms with E-state index in [9.17, 15) is 14.7 Å². The van der Waals surface area contributed by atoms with Crippen LogP contribution in [0.25, 0.3) is 0 Å². The number of carboxylic acid groups (broad SMARTS) is 1. The van der Waals surface area contributed by atoms with Gasteiger partial charge >= 0.3 is 5.97 Å². The number of carbonyl (C=O) groups excluding carboxylic acids is 1. The quantitative estimate of drug-likeness (QED) is 0.818. The van der Waals surface area contributed by atoms with Gasteiger partial charge in [-0.3, -0.25) is 14.5 Å². The number of Topliss-reactive ketones (excluding diaryl/α,β-unsaturated/α-hetero) is 1. The first-order valence-corrected chi connectivity index (χ1v) is 7.69. The molecule has 120 valence electrons. The molecule has 1 aromatic rings. The van der Waals surface area contributed by atoms with E-state index in [1.54, 1.807) is 38.3 Å². The molecule has 1 aromatic carbocycles. The van der Waals surface area contributed by atoms with E-state index in [4.69, 9.17) is 4.74 Å². The second kappa shape index (κ2) is 7.40. The Morgan fingerprint density at radius 3 is 2.23 bits per heavy atom. The zero-order valence-corrected chi connectivity index (χ0v) is 13.1. The van der Waals surface area contributed by atoms with E-state index in [1.807, 2.05) is 4.90 Å². The number of ketones is 1. The van der Waals surface area contributed by atoms with Crippen molar-refractivity contribution in [2.75, 3.05) is 20.2 Å². The molecule has 1 N–H and O–H groups in total. The van der Waals surface area contributed by atoms with Crippen molar-refractivity contribution in [2.24, 2.45) is 5.92 Å². The summed E-state index contributed by atoms with van der Waals surface area (Å²) in [6.07, 6.45) is 3.17. The number of rotatable bonds is 6. The van der Waals surface area contributed by atoms with Gasteiger partial charge in [0.25, 0.3) is 0 Å². The summed E-state index contributed by atoms with van der Waals surface area (Å²) < 4.78 is 5.10. The van der Waals surface area contributed by atoms with E-state index in [2.05, 4.69) is 0 Å². The van der Waals surface area contributed by atoms with Gasteiger partial charge in [-0.15, -0.1) is 0 Å². The molecule has 5 nitrogen and oxygen atoms in total. The molecular weight excluding hydrogens is 282 g/mol. The molecule has 0 saturated carbocycles. The lowest BCUT2D eigenvalue weighted by Crippen LogP contribution is -2.49. The van der Waals surface area contributed by atoms with E-state index in [-0.39, 0.29) is 5.78 Å². The Kier molecular flexibility index (Phi) is 5.55. The van der Waals surface area contributed by atoms with Crippen molar-refractivity contribution in [3.63, 3.8) is 0 Å². The summed E-state index contributed by atoms with van der Waals surface area (Å²) in [6, 6.07) is 6.25. The Labute approximate surface area is 130 Å². The molecule has 22 heavy (non-hydrogen) atoms. The van der Waals surface area contributed by atoms with Crippen molar-refractivity contribution >= 4 is 11.8 Å². The van der Waals surface area contributed by atoms with Crippen molar-refractivity contribution in [3.05, 3.63) is 29.8 Å². The first-order chi connectivity index (χ1) is 10.5. The molecule has 1 heterocycles. The Balaban J connectivity index is 2.25. The van der Waals surface area contributed by atoms with Crippen molar-refractivity contribution < 1.29 is 19.4 Å². The third-order valence-electron chi connectivity index (χ3n) is 4.29. The first kappa shape index (κ1) is 16.5.